The van der Waals surface area contributed by atoms with Crippen LogP contribution in [0.5, 0.6) is 0 Å². The summed E-state index contributed by atoms with van der Waals surface area (Å²) in [7, 11) is 0. The second-order valence-electron chi connectivity index (χ2n) is 8.35. The molecule has 3 rings (SSSR count). The van der Waals surface area contributed by atoms with Gasteiger partial charge in [0.15, 0.2) is 0 Å². The number of benzene rings is 1. The van der Waals surface area contributed by atoms with Crippen LogP contribution in [0, 0.1) is 0 Å². The van der Waals surface area contributed by atoms with E-state index in [1.807, 2.05) is 0 Å². The first kappa shape index (κ1) is 23.0. The van der Waals surface area contributed by atoms with Gasteiger partial charge in [-0.25, -0.2) is 15.4 Å². The number of aromatic nitrogens is 2. The third-order valence-electron chi connectivity index (χ3n) is 6.07. The van der Waals surface area contributed by atoms with Gasteiger partial charge in [-0.15, -0.1) is 0 Å². The molecule has 1 aromatic heterocycles. The lowest BCUT2D eigenvalue weighted by atomic mass is 10.1. The number of hydrazine groups is 1. The number of nitrogens with one attached hydrogen (secondary N) is 1. The number of ether oxygens (including phenoxy) is 1. The minimum Gasteiger partial charge on any atom is -0.380 e. The van der Waals surface area contributed by atoms with Gasteiger partial charge in [0.2, 0.25) is 0 Å². The zero-order valence-corrected chi connectivity index (χ0v) is 19.1. The Balaban J connectivity index is 1.86. The molecule has 5 heteroatoms. The van der Waals surface area contributed by atoms with Crippen LogP contribution in [0.2, 0.25) is 0 Å². The van der Waals surface area contributed by atoms with Gasteiger partial charge in [-0.2, -0.15) is 0 Å². The zero-order chi connectivity index (χ0) is 21.2. The van der Waals surface area contributed by atoms with E-state index in [0.29, 0.717) is 6.04 Å². The molecule has 0 saturated carbocycles. The molecule has 1 aromatic carbocycles. The summed E-state index contributed by atoms with van der Waals surface area (Å²) >= 11 is 0. The zero-order valence-electron chi connectivity index (χ0n) is 19.1. The van der Waals surface area contributed by atoms with Crippen molar-refractivity contribution in [3.05, 3.63) is 42.2 Å². The van der Waals surface area contributed by atoms with Crippen molar-refractivity contribution < 1.29 is 4.74 Å². The Morgan fingerprint density at radius 1 is 1.13 bits per heavy atom. The molecule has 0 bridgehead atoms. The minimum atomic E-state index is 0.286. The quantitative estimate of drug-likeness (QED) is 0.466. The van der Waals surface area contributed by atoms with Crippen molar-refractivity contribution in [3.8, 4) is 11.4 Å². The minimum absolute atomic E-state index is 0.286. The Bertz CT molecular complexity index is 730. The van der Waals surface area contributed by atoms with Crippen LogP contribution in [0.25, 0.3) is 11.4 Å². The number of nitrogens with zero attached hydrogens (tertiary/aromatic N) is 3. The number of rotatable bonds is 13. The number of hydrogen-bond donors (Lipinski definition) is 1. The highest BCUT2D eigenvalue weighted by atomic mass is 16.5. The standard InChI is InChI=1S/C25H40N4O/c1-4-7-16-23(27-29-18-12-15-22(29)20-30-6-3)24-19-26-25(28(24)17-8-5-2)21-13-10-9-11-14-21/h9-11,13-14,19,22-23,27H,4-8,12,15-18,20H2,1-3H3/t22?,23-/m1/s1. The van der Waals surface area contributed by atoms with Crippen LogP contribution >= 0.6 is 0 Å². The molecule has 166 valence electrons. The predicted octanol–water partition coefficient (Wildman–Crippen LogP) is 5.59. The molecule has 0 amide bonds. The van der Waals surface area contributed by atoms with E-state index in [2.05, 4.69) is 72.3 Å². The summed E-state index contributed by atoms with van der Waals surface area (Å²) in [5.41, 5.74) is 6.42. The fourth-order valence-electron chi connectivity index (χ4n) is 4.36. The van der Waals surface area contributed by atoms with E-state index in [1.165, 1.54) is 49.8 Å². The van der Waals surface area contributed by atoms with E-state index in [0.717, 1.165) is 38.5 Å². The van der Waals surface area contributed by atoms with Crippen LogP contribution < -0.4 is 5.43 Å². The Morgan fingerprint density at radius 3 is 2.67 bits per heavy atom. The van der Waals surface area contributed by atoms with Crippen molar-refractivity contribution in [2.45, 2.75) is 84.3 Å². The Kier molecular flexibility index (Phi) is 9.37. The monoisotopic (exact) mass is 412 g/mol. The molecule has 1 aliphatic heterocycles. The molecule has 1 unspecified atom stereocenters. The number of hydrogen-bond acceptors (Lipinski definition) is 4. The topological polar surface area (TPSA) is 42.3 Å². The molecule has 2 aromatic rings. The van der Waals surface area contributed by atoms with Gasteiger partial charge in [0.05, 0.1) is 24.5 Å². The van der Waals surface area contributed by atoms with E-state index >= 15 is 0 Å². The fraction of sp³-hybridized carbons (Fsp3) is 0.640. The van der Waals surface area contributed by atoms with E-state index in [4.69, 9.17) is 9.72 Å². The van der Waals surface area contributed by atoms with Gasteiger partial charge in [0.1, 0.15) is 5.82 Å². The maximum atomic E-state index is 5.76. The molecular formula is C25H40N4O. The summed E-state index contributed by atoms with van der Waals surface area (Å²) in [5, 5.41) is 2.44. The van der Waals surface area contributed by atoms with Crippen LogP contribution in [0.15, 0.2) is 36.5 Å². The third kappa shape index (κ3) is 5.93. The largest absolute Gasteiger partial charge is 0.380 e. The molecule has 5 nitrogen and oxygen atoms in total. The third-order valence-corrected chi connectivity index (χ3v) is 6.07. The summed E-state index contributed by atoms with van der Waals surface area (Å²) in [4.78, 5) is 4.89. The molecule has 0 spiro atoms. The summed E-state index contributed by atoms with van der Waals surface area (Å²) in [6, 6.07) is 11.4. The van der Waals surface area contributed by atoms with Gasteiger partial charge in [-0.1, -0.05) is 63.4 Å². The Hall–Kier alpha value is -1.69. The van der Waals surface area contributed by atoms with Crippen LogP contribution in [0.3, 0.4) is 0 Å². The van der Waals surface area contributed by atoms with Gasteiger partial charge in [-0.05, 0) is 32.6 Å². The van der Waals surface area contributed by atoms with Gasteiger partial charge in [0.25, 0.3) is 0 Å². The molecule has 0 radical (unpaired) electrons. The second-order valence-corrected chi connectivity index (χ2v) is 8.35. The smallest absolute Gasteiger partial charge is 0.140 e. The molecule has 2 atom stereocenters. The summed E-state index contributed by atoms with van der Waals surface area (Å²) in [6.07, 6.45) is 10.4. The average Bonchev–Trinajstić information content (AvgIpc) is 3.40. The van der Waals surface area contributed by atoms with Gasteiger partial charge in [-0.3, -0.25) is 0 Å². The molecule has 0 aliphatic carbocycles. The van der Waals surface area contributed by atoms with Gasteiger partial charge < -0.3 is 9.30 Å². The fourth-order valence-corrected chi connectivity index (χ4v) is 4.36. The highest BCUT2D eigenvalue weighted by molar-refractivity contribution is 5.56. The lowest BCUT2D eigenvalue weighted by Gasteiger charge is -2.31. The van der Waals surface area contributed by atoms with Crippen molar-refractivity contribution in [3.63, 3.8) is 0 Å². The van der Waals surface area contributed by atoms with Crippen molar-refractivity contribution in [2.24, 2.45) is 0 Å². The molecule has 1 aliphatic rings. The highest BCUT2D eigenvalue weighted by Crippen LogP contribution is 2.28. The first-order chi connectivity index (χ1) is 14.8. The maximum absolute atomic E-state index is 5.76. The van der Waals surface area contributed by atoms with Gasteiger partial charge >= 0.3 is 0 Å². The van der Waals surface area contributed by atoms with E-state index in [-0.39, 0.29) is 6.04 Å². The Morgan fingerprint density at radius 2 is 1.93 bits per heavy atom. The maximum Gasteiger partial charge on any atom is 0.140 e. The van der Waals surface area contributed by atoms with Crippen LogP contribution in [-0.2, 0) is 11.3 Å². The number of unbranched alkanes of at least 4 members (excludes halogenated alkanes) is 2. The molecule has 2 heterocycles. The average molecular weight is 413 g/mol. The first-order valence-corrected chi connectivity index (χ1v) is 12.0. The van der Waals surface area contributed by atoms with E-state index in [9.17, 15) is 0 Å². The molecule has 1 N–H and O–H groups in total. The SMILES string of the molecule is CCCC[C@@H](NN1CCCC1COCC)c1cnc(-c2ccccc2)n1CCCC. The van der Waals surface area contributed by atoms with Crippen LogP contribution in [0.4, 0.5) is 0 Å². The van der Waals surface area contributed by atoms with Crippen molar-refractivity contribution in [2.75, 3.05) is 19.8 Å². The van der Waals surface area contributed by atoms with Crippen LogP contribution in [0.1, 0.15) is 77.5 Å². The van der Waals surface area contributed by atoms with Crippen LogP contribution in [-0.4, -0.2) is 40.4 Å². The van der Waals surface area contributed by atoms with E-state index in [1.54, 1.807) is 0 Å². The lowest BCUT2D eigenvalue weighted by molar-refractivity contribution is 0.0497. The summed E-state index contributed by atoms with van der Waals surface area (Å²) in [6.45, 7) is 10.3. The molecular weight excluding hydrogens is 372 g/mol. The van der Waals surface area contributed by atoms with Gasteiger partial charge in [0, 0.05) is 31.3 Å². The molecule has 1 fully saturated rings. The molecule has 30 heavy (non-hydrogen) atoms. The van der Waals surface area contributed by atoms with Crippen molar-refractivity contribution >= 4 is 0 Å². The van der Waals surface area contributed by atoms with E-state index < -0.39 is 0 Å². The first-order valence-electron chi connectivity index (χ1n) is 12.0. The second kappa shape index (κ2) is 12.2. The number of imidazole rings is 1. The highest BCUT2D eigenvalue weighted by Gasteiger charge is 2.28. The normalized spacial score (nSPS) is 18.2. The van der Waals surface area contributed by atoms with Crippen molar-refractivity contribution in [1.29, 1.82) is 0 Å². The Labute approximate surface area is 182 Å². The molecule has 1 saturated heterocycles. The lowest BCUT2D eigenvalue weighted by Crippen LogP contribution is -2.46. The van der Waals surface area contributed by atoms with Crippen molar-refractivity contribution in [1.82, 2.24) is 20.0 Å². The predicted molar refractivity (Wildman–Crippen MR) is 124 cm³/mol. The summed E-state index contributed by atoms with van der Waals surface area (Å²) < 4.78 is 8.21. The summed E-state index contributed by atoms with van der Waals surface area (Å²) in [5.74, 6) is 1.09.